The average molecular weight is 274 g/mol. The fraction of sp³-hybridized carbons (Fsp3) is 0.357. The fourth-order valence-corrected chi connectivity index (χ4v) is 2.71. The molecule has 20 heavy (non-hydrogen) atoms. The Labute approximate surface area is 115 Å². The maximum Gasteiger partial charge on any atom is 0.328 e. The second kappa shape index (κ2) is 4.63. The average Bonchev–Trinajstić information content (AvgIpc) is 2.70. The van der Waals surface area contributed by atoms with Crippen molar-refractivity contribution >= 4 is 17.9 Å². The third-order valence-electron chi connectivity index (χ3n) is 3.79. The largest absolute Gasteiger partial charge is 0.468 e. The lowest BCUT2D eigenvalue weighted by Gasteiger charge is -2.28. The van der Waals surface area contributed by atoms with E-state index in [0.29, 0.717) is 13.0 Å². The molecule has 3 amide bonds. The van der Waals surface area contributed by atoms with Crippen LogP contribution < -0.4 is 0 Å². The van der Waals surface area contributed by atoms with E-state index in [1.807, 2.05) is 24.3 Å². The van der Waals surface area contributed by atoms with Gasteiger partial charge >= 0.3 is 12.0 Å². The maximum absolute atomic E-state index is 12.3. The molecule has 0 aliphatic carbocycles. The number of benzene rings is 1. The zero-order valence-corrected chi connectivity index (χ0v) is 11.0. The normalized spacial score (nSPS) is 20.8. The molecule has 1 atom stereocenters. The van der Waals surface area contributed by atoms with Crippen molar-refractivity contribution in [2.75, 3.05) is 13.7 Å². The second-order valence-electron chi connectivity index (χ2n) is 4.90. The number of hydrogen-bond acceptors (Lipinski definition) is 4. The molecule has 6 nitrogen and oxygen atoms in total. The molecule has 0 N–H and O–H groups in total. The number of ether oxygens (including phenoxy) is 1. The Balaban J connectivity index is 1.87. The van der Waals surface area contributed by atoms with Gasteiger partial charge in [0, 0.05) is 13.0 Å². The Morgan fingerprint density at radius 3 is 2.70 bits per heavy atom. The molecule has 6 heteroatoms. The van der Waals surface area contributed by atoms with E-state index in [1.54, 1.807) is 0 Å². The van der Waals surface area contributed by atoms with Crippen LogP contribution in [0.5, 0.6) is 0 Å². The standard InChI is InChI=1S/C14H14N2O4/c1-20-12(17)8-16-13(18)11-6-9-4-2-3-5-10(9)7-15(11)14(16)19/h2-5,11H,6-8H2,1H3. The molecular formula is C14H14N2O4. The summed E-state index contributed by atoms with van der Waals surface area (Å²) in [5.41, 5.74) is 2.12. The molecule has 0 aromatic heterocycles. The van der Waals surface area contributed by atoms with Crippen molar-refractivity contribution < 1.29 is 19.1 Å². The number of fused-ring (bicyclic) bond motifs is 2. The highest BCUT2D eigenvalue weighted by Gasteiger charge is 2.47. The summed E-state index contributed by atoms with van der Waals surface area (Å²) in [6.45, 7) is 0.0839. The molecule has 3 rings (SSSR count). The van der Waals surface area contributed by atoms with Gasteiger partial charge in [-0.15, -0.1) is 0 Å². The minimum Gasteiger partial charge on any atom is -0.468 e. The van der Waals surface area contributed by atoms with Crippen LogP contribution in [0.4, 0.5) is 4.79 Å². The smallest absolute Gasteiger partial charge is 0.328 e. The molecule has 0 radical (unpaired) electrons. The number of methoxy groups -OCH3 is 1. The van der Waals surface area contributed by atoms with Crippen molar-refractivity contribution in [3.05, 3.63) is 35.4 Å². The zero-order valence-electron chi connectivity index (χ0n) is 11.0. The van der Waals surface area contributed by atoms with Gasteiger partial charge in [0.2, 0.25) is 0 Å². The minimum atomic E-state index is -0.593. The molecule has 104 valence electrons. The topological polar surface area (TPSA) is 66.9 Å². The molecule has 0 spiro atoms. The summed E-state index contributed by atoms with van der Waals surface area (Å²) in [5.74, 6) is -0.918. The van der Waals surface area contributed by atoms with Crippen LogP contribution in [0, 0.1) is 0 Å². The third kappa shape index (κ3) is 1.84. The number of imide groups is 1. The van der Waals surface area contributed by atoms with Crippen LogP contribution in [-0.4, -0.2) is 47.4 Å². The van der Waals surface area contributed by atoms with Crippen molar-refractivity contribution in [2.45, 2.75) is 19.0 Å². The summed E-state index contributed by atoms with van der Waals surface area (Å²) < 4.78 is 4.52. The summed E-state index contributed by atoms with van der Waals surface area (Å²) in [6, 6.07) is 6.83. The van der Waals surface area contributed by atoms with Crippen molar-refractivity contribution in [1.29, 1.82) is 0 Å². The van der Waals surface area contributed by atoms with Gasteiger partial charge in [0.1, 0.15) is 12.6 Å². The SMILES string of the molecule is COC(=O)CN1C(=O)C2Cc3ccccc3CN2C1=O. The Kier molecular flexibility index (Phi) is 2.93. The number of esters is 1. The van der Waals surface area contributed by atoms with Crippen molar-refractivity contribution in [1.82, 2.24) is 9.80 Å². The Hall–Kier alpha value is -2.37. The van der Waals surface area contributed by atoms with E-state index < -0.39 is 18.0 Å². The van der Waals surface area contributed by atoms with Crippen molar-refractivity contribution in [2.24, 2.45) is 0 Å². The molecule has 0 saturated carbocycles. The molecule has 2 heterocycles. The first kappa shape index (κ1) is 12.7. The maximum atomic E-state index is 12.3. The van der Waals surface area contributed by atoms with E-state index in [2.05, 4.69) is 4.74 Å². The number of rotatable bonds is 2. The summed E-state index contributed by atoms with van der Waals surface area (Å²) >= 11 is 0. The number of amides is 3. The quantitative estimate of drug-likeness (QED) is 0.583. The van der Waals surface area contributed by atoms with Crippen LogP contribution in [0.3, 0.4) is 0 Å². The van der Waals surface area contributed by atoms with Gasteiger partial charge in [-0.05, 0) is 11.1 Å². The van der Waals surface area contributed by atoms with Gasteiger partial charge in [-0.3, -0.25) is 14.5 Å². The van der Waals surface area contributed by atoms with Crippen LogP contribution >= 0.6 is 0 Å². The van der Waals surface area contributed by atoms with Crippen molar-refractivity contribution in [3.63, 3.8) is 0 Å². The van der Waals surface area contributed by atoms with E-state index in [1.165, 1.54) is 12.0 Å². The number of carbonyl (C=O) groups is 3. The third-order valence-corrected chi connectivity index (χ3v) is 3.79. The predicted molar refractivity (Wildman–Crippen MR) is 68.6 cm³/mol. The zero-order chi connectivity index (χ0) is 14.3. The van der Waals surface area contributed by atoms with Gasteiger partial charge in [0.05, 0.1) is 7.11 Å². The van der Waals surface area contributed by atoms with Gasteiger partial charge < -0.3 is 9.64 Å². The highest BCUT2D eigenvalue weighted by Crippen LogP contribution is 2.29. The van der Waals surface area contributed by atoms with E-state index in [9.17, 15) is 14.4 Å². The van der Waals surface area contributed by atoms with Crippen LogP contribution in [0.1, 0.15) is 11.1 Å². The molecule has 2 aliphatic rings. The number of hydrogen-bond donors (Lipinski definition) is 0. The van der Waals surface area contributed by atoms with Crippen LogP contribution in [0.15, 0.2) is 24.3 Å². The summed E-state index contributed by atoms with van der Waals surface area (Å²) in [6.07, 6.45) is 0.498. The second-order valence-corrected chi connectivity index (χ2v) is 4.90. The molecular weight excluding hydrogens is 260 g/mol. The van der Waals surface area contributed by atoms with E-state index >= 15 is 0 Å². The first-order valence-corrected chi connectivity index (χ1v) is 6.37. The highest BCUT2D eigenvalue weighted by atomic mass is 16.5. The molecule has 1 aromatic carbocycles. The summed E-state index contributed by atoms with van der Waals surface area (Å²) in [4.78, 5) is 38.3. The Bertz CT molecular complexity index is 556. The van der Waals surface area contributed by atoms with Gasteiger partial charge in [-0.2, -0.15) is 0 Å². The van der Waals surface area contributed by atoms with Crippen LogP contribution in [-0.2, 0) is 27.3 Å². The molecule has 1 unspecified atom stereocenters. The number of urea groups is 1. The Morgan fingerprint density at radius 1 is 1.30 bits per heavy atom. The molecule has 2 aliphatic heterocycles. The van der Waals surface area contributed by atoms with Crippen LogP contribution in [0.25, 0.3) is 0 Å². The monoisotopic (exact) mass is 274 g/mol. The highest BCUT2D eigenvalue weighted by molar-refractivity contribution is 6.06. The minimum absolute atomic E-state index is 0.322. The summed E-state index contributed by atoms with van der Waals surface area (Å²) in [5, 5.41) is 0. The van der Waals surface area contributed by atoms with Crippen LogP contribution in [0.2, 0.25) is 0 Å². The van der Waals surface area contributed by atoms with E-state index in [-0.39, 0.29) is 12.5 Å². The lowest BCUT2D eigenvalue weighted by Crippen LogP contribution is -2.40. The van der Waals surface area contributed by atoms with Gasteiger partial charge in [0.15, 0.2) is 0 Å². The number of nitrogens with zero attached hydrogens (tertiary/aromatic N) is 2. The molecule has 0 bridgehead atoms. The first-order chi connectivity index (χ1) is 9.61. The lowest BCUT2D eigenvalue weighted by atomic mass is 9.95. The van der Waals surface area contributed by atoms with E-state index in [4.69, 9.17) is 0 Å². The lowest BCUT2D eigenvalue weighted by molar-refractivity contribution is -0.144. The van der Waals surface area contributed by atoms with Gasteiger partial charge in [-0.25, -0.2) is 4.79 Å². The van der Waals surface area contributed by atoms with Gasteiger partial charge in [0.25, 0.3) is 5.91 Å². The Morgan fingerprint density at radius 2 is 2.00 bits per heavy atom. The fourth-order valence-electron chi connectivity index (χ4n) is 2.71. The van der Waals surface area contributed by atoms with Gasteiger partial charge in [-0.1, -0.05) is 24.3 Å². The van der Waals surface area contributed by atoms with Crippen molar-refractivity contribution in [3.8, 4) is 0 Å². The molecule has 1 saturated heterocycles. The number of carbonyl (C=O) groups excluding carboxylic acids is 3. The first-order valence-electron chi connectivity index (χ1n) is 6.37. The van der Waals surface area contributed by atoms with E-state index in [0.717, 1.165) is 16.0 Å². The molecule has 1 fully saturated rings. The summed E-state index contributed by atoms with van der Waals surface area (Å²) in [7, 11) is 1.23. The molecule has 1 aromatic rings. The predicted octanol–water partition coefficient (Wildman–Crippen LogP) is 0.548.